The van der Waals surface area contributed by atoms with Crippen molar-refractivity contribution in [3.05, 3.63) is 0 Å². The van der Waals surface area contributed by atoms with Crippen LogP contribution in [-0.2, 0) is 14.9 Å². The zero-order chi connectivity index (χ0) is 20.0. The number of nitrogens with zero attached hydrogens (tertiary/aromatic N) is 1. The van der Waals surface area contributed by atoms with Gasteiger partial charge in [-0.2, -0.15) is 12.7 Å². The Balaban J connectivity index is 2.79. The fourth-order valence-electron chi connectivity index (χ4n) is 3.20. The Labute approximate surface area is 157 Å². The summed E-state index contributed by atoms with van der Waals surface area (Å²) in [5, 5.41) is 13.4. The molecule has 0 unspecified atom stereocenters. The second-order valence-electron chi connectivity index (χ2n) is 8.05. The minimum absolute atomic E-state index is 0.115. The number of likely N-dealkylation sites (N-methyl/N-ethyl adjacent to an activating group) is 1. The number of amides is 1. The van der Waals surface area contributed by atoms with Crippen molar-refractivity contribution < 1.29 is 23.1 Å². The number of carbonyl (C=O) groups excluding carboxylic acids is 1. The zero-order valence-electron chi connectivity index (χ0n) is 16.6. The van der Waals surface area contributed by atoms with Gasteiger partial charge in [0.2, 0.25) is 0 Å². The van der Waals surface area contributed by atoms with Gasteiger partial charge >= 0.3 is 6.09 Å². The number of nitrogens with one attached hydrogen (secondary N) is 2. The van der Waals surface area contributed by atoms with E-state index in [1.54, 1.807) is 20.8 Å². The first-order valence-electron chi connectivity index (χ1n) is 9.27. The summed E-state index contributed by atoms with van der Waals surface area (Å²) in [4.78, 5) is 12.2. The molecule has 8 nitrogen and oxygen atoms in total. The van der Waals surface area contributed by atoms with E-state index in [4.69, 9.17) is 4.74 Å². The lowest BCUT2D eigenvalue weighted by molar-refractivity contribution is 0.0373. The molecule has 0 bridgehead atoms. The fraction of sp³-hybridized carbons (Fsp3) is 0.941. The number of alkyl carbamates (subject to hydrolysis) is 1. The Hall–Kier alpha value is -0.900. The monoisotopic (exact) mass is 393 g/mol. The van der Waals surface area contributed by atoms with Crippen molar-refractivity contribution in [3.8, 4) is 0 Å². The van der Waals surface area contributed by atoms with E-state index in [1.165, 1.54) is 20.5 Å². The van der Waals surface area contributed by atoms with Crippen LogP contribution in [-0.4, -0.2) is 62.3 Å². The number of aliphatic hydroxyl groups excluding tert-OH is 1. The van der Waals surface area contributed by atoms with Crippen molar-refractivity contribution in [2.45, 2.75) is 77.0 Å². The Morgan fingerprint density at radius 1 is 1.27 bits per heavy atom. The van der Waals surface area contributed by atoms with Gasteiger partial charge in [0, 0.05) is 20.6 Å². The van der Waals surface area contributed by atoms with Crippen molar-refractivity contribution in [2.75, 3.05) is 20.6 Å². The largest absolute Gasteiger partial charge is 0.444 e. The van der Waals surface area contributed by atoms with E-state index in [-0.39, 0.29) is 6.54 Å². The highest BCUT2D eigenvalue weighted by Crippen LogP contribution is 2.28. The number of hydrogen-bond donors (Lipinski definition) is 3. The third-order valence-corrected chi connectivity index (χ3v) is 6.08. The lowest BCUT2D eigenvalue weighted by atomic mass is 9.83. The standard InChI is InChI=1S/C17H35N3O5S/c1-17(2,3)25-16(22)19-14(11-13-9-7-6-8-10-13)15(21)12-20(5)26(23,24)18-4/h13-15,18,21H,6-12H2,1-5H3,(H,19,22)/t14-,15-/m0/s1. The van der Waals surface area contributed by atoms with E-state index < -0.39 is 34.0 Å². The summed E-state index contributed by atoms with van der Waals surface area (Å²) >= 11 is 0. The number of ether oxygens (including phenoxy) is 1. The smallest absolute Gasteiger partial charge is 0.407 e. The minimum atomic E-state index is -3.64. The summed E-state index contributed by atoms with van der Waals surface area (Å²) < 4.78 is 32.3. The molecule has 0 radical (unpaired) electrons. The highest BCUT2D eigenvalue weighted by atomic mass is 32.2. The van der Waals surface area contributed by atoms with Gasteiger partial charge in [-0.05, 0) is 33.1 Å². The van der Waals surface area contributed by atoms with Crippen LogP contribution in [0.15, 0.2) is 0 Å². The van der Waals surface area contributed by atoms with E-state index in [1.807, 2.05) is 0 Å². The SMILES string of the molecule is CNS(=O)(=O)N(C)C[C@H](O)[C@H](CC1CCCCC1)NC(=O)OC(C)(C)C. The molecule has 1 amide bonds. The molecule has 0 spiro atoms. The van der Waals surface area contributed by atoms with Crippen LogP contribution < -0.4 is 10.0 Å². The Morgan fingerprint density at radius 3 is 2.35 bits per heavy atom. The van der Waals surface area contributed by atoms with Crippen molar-refractivity contribution >= 4 is 16.3 Å². The first-order chi connectivity index (χ1) is 11.9. The van der Waals surface area contributed by atoms with Gasteiger partial charge in [0.1, 0.15) is 5.60 Å². The summed E-state index contributed by atoms with van der Waals surface area (Å²) in [7, 11) is -0.933. The van der Waals surface area contributed by atoms with Crippen LogP contribution in [0.3, 0.4) is 0 Å². The predicted molar refractivity (Wildman–Crippen MR) is 101 cm³/mol. The lowest BCUT2D eigenvalue weighted by Crippen LogP contribution is -2.51. The molecule has 1 rings (SSSR count). The van der Waals surface area contributed by atoms with Crippen LogP contribution >= 0.6 is 0 Å². The molecule has 0 aliphatic heterocycles. The molecule has 1 saturated carbocycles. The summed E-state index contributed by atoms with van der Waals surface area (Å²) in [5.41, 5.74) is -0.642. The van der Waals surface area contributed by atoms with Crippen molar-refractivity contribution in [2.24, 2.45) is 5.92 Å². The van der Waals surface area contributed by atoms with E-state index in [9.17, 15) is 18.3 Å². The van der Waals surface area contributed by atoms with Gasteiger partial charge in [-0.3, -0.25) is 0 Å². The minimum Gasteiger partial charge on any atom is -0.444 e. The molecule has 2 atom stereocenters. The molecule has 26 heavy (non-hydrogen) atoms. The first kappa shape index (κ1) is 23.1. The second kappa shape index (κ2) is 9.87. The molecule has 0 aromatic rings. The average molecular weight is 394 g/mol. The third-order valence-electron chi connectivity index (χ3n) is 4.59. The van der Waals surface area contributed by atoms with E-state index in [0.29, 0.717) is 12.3 Å². The molecule has 1 fully saturated rings. The summed E-state index contributed by atoms with van der Waals surface area (Å²) in [6.45, 7) is 5.20. The predicted octanol–water partition coefficient (Wildman–Crippen LogP) is 1.61. The topological polar surface area (TPSA) is 108 Å². The van der Waals surface area contributed by atoms with Gasteiger partial charge in [-0.1, -0.05) is 32.1 Å². The highest BCUT2D eigenvalue weighted by molar-refractivity contribution is 7.87. The van der Waals surface area contributed by atoms with E-state index in [2.05, 4.69) is 10.0 Å². The Kier molecular flexibility index (Phi) is 8.78. The molecular formula is C17H35N3O5S. The number of aliphatic hydroxyl groups is 1. The molecule has 154 valence electrons. The quantitative estimate of drug-likeness (QED) is 0.581. The van der Waals surface area contributed by atoms with Gasteiger partial charge < -0.3 is 15.2 Å². The van der Waals surface area contributed by atoms with Crippen LogP contribution in [0, 0.1) is 5.92 Å². The van der Waals surface area contributed by atoms with Crippen molar-refractivity contribution in [3.63, 3.8) is 0 Å². The number of carbonyl (C=O) groups is 1. The van der Waals surface area contributed by atoms with Crippen LogP contribution in [0.1, 0.15) is 59.3 Å². The second-order valence-corrected chi connectivity index (χ2v) is 10.0. The molecule has 1 aliphatic carbocycles. The zero-order valence-corrected chi connectivity index (χ0v) is 17.4. The molecule has 3 N–H and O–H groups in total. The van der Waals surface area contributed by atoms with E-state index >= 15 is 0 Å². The molecule has 0 saturated heterocycles. The van der Waals surface area contributed by atoms with Crippen molar-refractivity contribution in [1.82, 2.24) is 14.3 Å². The molecule has 1 aliphatic rings. The Bertz CT molecular complexity index is 541. The normalized spacial score (nSPS) is 19.2. The fourth-order valence-corrected chi connectivity index (χ4v) is 3.86. The van der Waals surface area contributed by atoms with Crippen LogP contribution in [0.25, 0.3) is 0 Å². The first-order valence-corrected chi connectivity index (χ1v) is 10.7. The van der Waals surface area contributed by atoms with Crippen molar-refractivity contribution in [1.29, 1.82) is 0 Å². The molecule has 9 heteroatoms. The molecule has 0 aromatic carbocycles. The maximum absolute atomic E-state index is 12.2. The van der Waals surface area contributed by atoms with Gasteiger partial charge in [0.25, 0.3) is 10.2 Å². The molecular weight excluding hydrogens is 358 g/mol. The van der Waals surface area contributed by atoms with Crippen LogP contribution in [0.5, 0.6) is 0 Å². The third kappa shape index (κ3) is 8.20. The lowest BCUT2D eigenvalue weighted by Gasteiger charge is -2.32. The summed E-state index contributed by atoms with van der Waals surface area (Å²) in [6.07, 6.45) is 4.60. The van der Waals surface area contributed by atoms with Gasteiger partial charge in [-0.15, -0.1) is 0 Å². The van der Waals surface area contributed by atoms with Gasteiger partial charge in [0.05, 0.1) is 12.1 Å². The summed E-state index contributed by atoms with van der Waals surface area (Å²) in [5.74, 6) is 0.407. The van der Waals surface area contributed by atoms with Gasteiger partial charge in [0.15, 0.2) is 0 Å². The maximum atomic E-state index is 12.2. The molecule has 0 aromatic heterocycles. The van der Waals surface area contributed by atoms with Crippen LogP contribution in [0.2, 0.25) is 0 Å². The van der Waals surface area contributed by atoms with Gasteiger partial charge in [-0.25, -0.2) is 9.52 Å². The highest BCUT2D eigenvalue weighted by Gasteiger charge is 2.30. The maximum Gasteiger partial charge on any atom is 0.407 e. The Morgan fingerprint density at radius 2 is 1.85 bits per heavy atom. The number of hydrogen-bond acceptors (Lipinski definition) is 5. The summed E-state index contributed by atoms with van der Waals surface area (Å²) in [6, 6.07) is -0.567. The molecule has 0 heterocycles. The average Bonchev–Trinajstić information content (AvgIpc) is 2.53. The van der Waals surface area contributed by atoms with Crippen LogP contribution in [0.4, 0.5) is 4.79 Å². The number of rotatable bonds is 8. The van der Waals surface area contributed by atoms with E-state index in [0.717, 1.165) is 30.0 Å².